The van der Waals surface area contributed by atoms with Crippen LogP contribution in [0.5, 0.6) is 0 Å². The second kappa shape index (κ2) is 51.4. The molecule has 0 aromatic heterocycles. The molecule has 1 heterocycles. The van der Waals surface area contributed by atoms with Crippen LogP contribution in [0.1, 0.15) is 271 Å². The van der Waals surface area contributed by atoms with Crippen molar-refractivity contribution in [2.45, 2.75) is 314 Å². The molecule has 1 fully saturated rings. The second-order valence-electron chi connectivity index (χ2n) is 20.8. The Labute approximate surface area is 436 Å². The van der Waals surface area contributed by atoms with Gasteiger partial charge >= 0.3 is 0 Å². The Morgan fingerprint density at radius 3 is 1.30 bits per heavy atom. The molecule has 7 unspecified atom stereocenters. The first kappa shape index (κ1) is 66.9. The minimum Gasteiger partial charge on any atom is -0.394 e. The minimum absolute atomic E-state index is 0.136. The molecule has 1 aliphatic rings. The zero-order chi connectivity index (χ0) is 51.5. The van der Waals surface area contributed by atoms with Gasteiger partial charge in [0.25, 0.3) is 0 Å². The summed E-state index contributed by atoms with van der Waals surface area (Å²) in [5, 5.41) is 54.6. The molecule has 0 aromatic rings. The number of hydrogen-bond donors (Lipinski definition) is 6. The Kier molecular flexibility index (Phi) is 48.4. The fourth-order valence-corrected chi connectivity index (χ4v) is 9.43. The smallest absolute Gasteiger partial charge is 0.220 e. The quantitative estimate of drug-likeness (QED) is 0.0261. The predicted molar refractivity (Wildman–Crippen MR) is 299 cm³/mol. The van der Waals surface area contributed by atoms with Gasteiger partial charge in [-0.05, 0) is 57.8 Å². The average molecular weight is 1000 g/mol. The van der Waals surface area contributed by atoms with E-state index in [1.54, 1.807) is 0 Å². The third-order valence-corrected chi connectivity index (χ3v) is 14.1. The van der Waals surface area contributed by atoms with Crippen molar-refractivity contribution in [1.82, 2.24) is 5.32 Å². The largest absolute Gasteiger partial charge is 0.394 e. The fourth-order valence-electron chi connectivity index (χ4n) is 9.43. The van der Waals surface area contributed by atoms with Crippen molar-refractivity contribution < 1.29 is 39.8 Å². The number of unbranched alkanes of at least 4 members (excludes halogenated alkanes) is 31. The van der Waals surface area contributed by atoms with Crippen LogP contribution in [0.3, 0.4) is 0 Å². The molecule has 9 nitrogen and oxygen atoms in total. The van der Waals surface area contributed by atoms with E-state index < -0.39 is 49.5 Å². The van der Waals surface area contributed by atoms with E-state index in [-0.39, 0.29) is 12.5 Å². The number of hydrogen-bond acceptors (Lipinski definition) is 8. The standard InChI is InChI=1S/C62H113NO8/c1-3-5-7-9-11-13-15-17-18-19-20-21-22-23-24-25-26-27-28-29-30-31-32-33-34-35-36-37-38-40-42-44-46-48-50-52-58(66)63-55(54-70-62-61(69)60(68)59(67)57(53-64)71-62)56(65)51-49-47-45-43-41-39-16-14-12-10-8-6-4-2/h5,7,11,13,17-18,20-21,23-24,55-57,59-62,64-65,67-69H,3-4,6,8-10,12,14-16,19,22,25-54H2,1-2H3,(H,63,66)/b7-5-,13-11-,18-17-,21-20-,24-23-. The van der Waals surface area contributed by atoms with E-state index in [0.717, 1.165) is 70.6 Å². The van der Waals surface area contributed by atoms with E-state index >= 15 is 0 Å². The lowest BCUT2D eigenvalue weighted by Gasteiger charge is -2.40. The van der Waals surface area contributed by atoms with Crippen molar-refractivity contribution in [2.24, 2.45) is 0 Å². The van der Waals surface area contributed by atoms with Crippen molar-refractivity contribution in [3.05, 3.63) is 60.8 Å². The van der Waals surface area contributed by atoms with Crippen LogP contribution in [0, 0.1) is 0 Å². The normalized spacial score (nSPS) is 19.7. The molecular weight excluding hydrogens is 887 g/mol. The molecule has 0 bridgehead atoms. The second-order valence-corrected chi connectivity index (χ2v) is 20.8. The van der Waals surface area contributed by atoms with Gasteiger partial charge in [0.2, 0.25) is 5.91 Å². The number of allylic oxidation sites excluding steroid dienone is 10. The maximum absolute atomic E-state index is 13.1. The lowest BCUT2D eigenvalue weighted by molar-refractivity contribution is -0.302. The maximum Gasteiger partial charge on any atom is 0.220 e. The van der Waals surface area contributed by atoms with Crippen LogP contribution < -0.4 is 5.32 Å². The van der Waals surface area contributed by atoms with E-state index in [2.05, 4.69) is 79.9 Å². The van der Waals surface area contributed by atoms with Gasteiger partial charge in [-0.3, -0.25) is 4.79 Å². The number of aliphatic hydroxyl groups excluding tert-OH is 5. The van der Waals surface area contributed by atoms with Crippen LogP contribution in [0.15, 0.2) is 60.8 Å². The third kappa shape index (κ3) is 40.9. The monoisotopic (exact) mass is 1000 g/mol. The van der Waals surface area contributed by atoms with Gasteiger partial charge in [0.1, 0.15) is 24.4 Å². The Morgan fingerprint density at radius 1 is 0.493 bits per heavy atom. The lowest BCUT2D eigenvalue weighted by atomic mass is 9.99. The molecule has 1 amide bonds. The Morgan fingerprint density at radius 2 is 0.873 bits per heavy atom. The Bertz CT molecular complexity index is 1300. The lowest BCUT2D eigenvalue weighted by Crippen LogP contribution is -2.60. The molecule has 0 radical (unpaired) electrons. The summed E-state index contributed by atoms with van der Waals surface area (Å²) in [5.41, 5.74) is 0. The van der Waals surface area contributed by atoms with Crippen LogP contribution in [0.25, 0.3) is 0 Å². The molecule has 0 saturated carbocycles. The number of carbonyl (C=O) groups is 1. The van der Waals surface area contributed by atoms with Gasteiger partial charge in [-0.25, -0.2) is 0 Å². The summed E-state index contributed by atoms with van der Waals surface area (Å²) in [4.78, 5) is 13.1. The van der Waals surface area contributed by atoms with Crippen molar-refractivity contribution >= 4 is 5.91 Å². The fraction of sp³-hybridized carbons (Fsp3) is 0.823. The molecule has 0 aliphatic carbocycles. The Balaban J connectivity index is 2.08. The van der Waals surface area contributed by atoms with E-state index in [4.69, 9.17) is 9.47 Å². The third-order valence-electron chi connectivity index (χ3n) is 14.1. The number of amides is 1. The van der Waals surface area contributed by atoms with Crippen LogP contribution in [-0.2, 0) is 14.3 Å². The summed E-state index contributed by atoms with van der Waals surface area (Å²) in [7, 11) is 0. The van der Waals surface area contributed by atoms with Crippen molar-refractivity contribution in [3.63, 3.8) is 0 Å². The molecule has 0 spiro atoms. The summed E-state index contributed by atoms with van der Waals surface area (Å²) >= 11 is 0. The topological polar surface area (TPSA) is 149 Å². The highest BCUT2D eigenvalue weighted by Crippen LogP contribution is 2.23. The maximum atomic E-state index is 13.1. The first-order chi connectivity index (χ1) is 34.8. The number of ether oxygens (including phenoxy) is 2. The van der Waals surface area contributed by atoms with Gasteiger partial charge < -0.3 is 40.3 Å². The molecular formula is C62H113NO8. The molecule has 414 valence electrons. The highest BCUT2D eigenvalue weighted by molar-refractivity contribution is 5.76. The van der Waals surface area contributed by atoms with E-state index in [9.17, 15) is 30.3 Å². The molecule has 71 heavy (non-hydrogen) atoms. The minimum atomic E-state index is -1.55. The van der Waals surface area contributed by atoms with Crippen molar-refractivity contribution in [3.8, 4) is 0 Å². The number of nitrogens with one attached hydrogen (secondary N) is 1. The summed E-state index contributed by atoms with van der Waals surface area (Å²) in [6.45, 7) is 3.73. The molecule has 6 N–H and O–H groups in total. The summed E-state index contributed by atoms with van der Waals surface area (Å²) < 4.78 is 11.3. The molecule has 9 heteroatoms. The van der Waals surface area contributed by atoms with Crippen molar-refractivity contribution in [2.75, 3.05) is 13.2 Å². The average Bonchev–Trinajstić information content (AvgIpc) is 3.37. The molecule has 7 atom stereocenters. The van der Waals surface area contributed by atoms with Gasteiger partial charge in [0.15, 0.2) is 6.29 Å². The first-order valence-corrected chi connectivity index (χ1v) is 30.0. The molecule has 1 saturated heterocycles. The zero-order valence-corrected chi connectivity index (χ0v) is 46.0. The van der Waals surface area contributed by atoms with E-state index in [1.807, 2.05) is 0 Å². The number of carbonyl (C=O) groups excluding carboxylic acids is 1. The summed E-state index contributed by atoms with van der Waals surface area (Å²) in [6, 6.07) is -0.718. The molecule has 1 rings (SSSR count). The van der Waals surface area contributed by atoms with Gasteiger partial charge in [0, 0.05) is 6.42 Å². The van der Waals surface area contributed by atoms with Gasteiger partial charge in [-0.2, -0.15) is 0 Å². The van der Waals surface area contributed by atoms with Crippen LogP contribution in [0.4, 0.5) is 0 Å². The Hall–Kier alpha value is -2.11. The molecule has 0 aromatic carbocycles. The van der Waals surface area contributed by atoms with E-state index in [1.165, 1.54) is 173 Å². The first-order valence-electron chi connectivity index (χ1n) is 30.0. The summed E-state index contributed by atoms with van der Waals surface area (Å²) in [6.07, 6.45) is 62.7. The van der Waals surface area contributed by atoms with Crippen LogP contribution in [-0.4, -0.2) is 87.5 Å². The highest BCUT2D eigenvalue weighted by Gasteiger charge is 2.44. The SMILES string of the molecule is CC/C=C\C/C=C\C/C=C\C/C=C\C/C=C\CCCCCCCCCCCCCCCCCCCCCC(=O)NC(COC1OC(CO)C(O)C(O)C1O)C(O)CCCCCCCCCCCCCCC. The number of rotatable bonds is 51. The highest BCUT2D eigenvalue weighted by atomic mass is 16.7. The van der Waals surface area contributed by atoms with Crippen molar-refractivity contribution in [1.29, 1.82) is 0 Å². The van der Waals surface area contributed by atoms with E-state index in [0.29, 0.717) is 12.8 Å². The van der Waals surface area contributed by atoms with Gasteiger partial charge in [-0.15, -0.1) is 0 Å². The zero-order valence-electron chi connectivity index (χ0n) is 46.0. The molecule has 1 aliphatic heterocycles. The van der Waals surface area contributed by atoms with Crippen LogP contribution >= 0.6 is 0 Å². The van der Waals surface area contributed by atoms with Gasteiger partial charge in [-0.1, -0.05) is 267 Å². The number of aliphatic hydroxyl groups is 5. The predicted octanol–water partition coefficient (Wildman–Crippen LogP) is 15.1. The summed E-state index contributed by atoms with van der Waals surface area (Å²) in [5.74, 6) is -0.142. The van der Waals surface area contributed by atoms with Crippen LogP contribution in [0.2, 0.25) is 0 Å². The van der Waals surface area contributed by atoms with Gasteiger partial charge in [0.05, 0.1) is 25.4 Å².